The minimum atomic E-state index is -0.202. The summed E-state index contributed by atoms with van der Waals surface area (Å²) in [5.41, 5.74) is 2.49. The number of carbonyl (C=O) groups excluding carboxylic acids is 1. The largest absolute Gasteiger partial charge is 0.469 e. The van der Waals surface area contributed by atoms with Crippen LogP contribution in [0.15, 0.2) is 23.0 Å². The second kappa shape index (κ2) is 4.86. The molecule has 0 atom stereocenters. The standard InChI is InChI=1S/C12H14N2O3/c1-17-11(15)4-2-3-8-5-6-9-10(7-8)14-12(16)13-9/h5-7H,2-4H2,1H3,(H2,13,14,16). The quantitative estimate of drug-likeness (QED) is 0.784. The Balaban J connectivity index is 2.04. The van der Waals surface area contributed by atoms with E-state index in [0.717, 1.165) is 29.4 Å². The second-order valence-corrected chi connectivity index (χ2v) is 3.89. The van der Waals surface area contributed by atoms with Crippen molar-refractivity contribution in [2.45, 2.75) is 19.3 Å². The average molecular weight is 234 g/mol. The molecule has 5 nitrogen and oxygen atoms in total. The number of H-pyrrole nitrogens is 2. The number of rotatable bonds is 4. The summed E-state index contributed by atoms with van der Waals surface area (Å²) in [6, 6.07) is 5.73. The molecule has 1 heterocycles. The third-order valence-electron chi connectivity index (χ3n) is 2.65. The van der Waals surface area contributed by atoms with E-state index in [9.17, 15) is 9.59 Å². The predicted octanol–water partition coefficient (Wildman–Crippen LogP) is 1.35. The zero-order valence-electron chi connectivity index (χ0n) is 9.58. The lowest BCUT2D eigenvalue weighted by atomic mass is 10.1. The number of hydrogen-bond acceptors (Lipinski definition) is 3. The molecule has 0 amide bonds. The Labute approximate surface area is 97.8 Å². The fraction of sp³-hybridized carbons (Fsp3) is 0.333. The summed E-state index contributed by atoms with van der Waals surface area (Å²) in [6.07, 6.45) is 1.95. The molecule has 1 aromatic carbocycles. The highest BCUT2D eigenvalue weighted by Crippen LogP contribution is 2.12. The lowest BCUT2D eigenvalue weighted by Gasteiger charge is -2.01. The highest BCUT2D eigenvalue weighted by atomic mass is 16.5. The Hall–Kier alpha value is -2.04. The van der Waals surface area contributed by atoms with Crippen molar-refractivity contribution in [1.82, 2.24) is 9.97 Å². The van der Waals surface area contributed by atoms with Crippen molar-refractivity contribution in [3.8, 4) is 0 Å². The maximum Gasteiger partial charge on any atom is 0.323 e. The van der Waals surface area contributed by atoms with Gasteiger partial charge in [0.2, 0.25) is 0 Å². The van der Waals surface area contributed by atoms with E-state index in [1.807, 2.05) is 18.2 Å². The summed E-state index contributed by atoms with van der Waals surface area (Å²) in [5, 5.41) is 0. The third kappa shape index (κ3) is 2.75. The SMILES string of the molecule is COC(=O)CCCc1ccc2[nH]c(=O)[nH]c2c1. The van der Waals surface area contributed by atoms with Gasteiger partial charge in [-0.3, -0.25) is 4.79 Å². The van der Waals surface area contributed by atoms with E-state index in [1.54, 1.807) is 0 Å². The van der Waals surface area contributed by atoms with Gasteiger partial charge in [0.25, 0.3) is 0 Å². The first-order valence-corrected chi connectivity index (χ1v) is 5.47. The Bertz CT molecular complexity index is 583. The lowest BCUT2D eigenvalue weighted by molar-refractivity contribution is -0.140. The van der Waals surface area contributed by atoms with E-state index in [0.29, 0.717) is 6.42 Å². The number of hydrogen-bond donors (Lipinski definition) is 2. The molecule has 17 heavy (non-hydrogen) atoms. The molecule has 0 radical (unpaired) electrons. The number of imidazole rings is 1. The van der Waals surface area contributed by atoms with Gasteiger partial charge in [0, 0.05) is 6.42 Å². The summed E-state index contributed by atoms with van der Waals surface area (Å²) in [6.45, 7) is 0. The number of aryl methyl sites for hydroxylation is 1. The van der Waals surface area contributed by atoms with Gasteiger partial charge in [-0.1, -0.05) is 6.07 Å². The molecule has 0 saturated heterocycles. The molecule has 0 aliphatic heterocycles. The van der Waals surface area contributed by atoms with Gasteiger partial charge in [0.05, 0.1) is 18.1 Å². The van der Waals surface area contributed by atoms with Crippen molar-refractivity contribution >= 4 is 17.0 Å². The minimum absolute atomic E-state index is 0.193. The van der Waals surface area contributed by atoms with Crippen molar-refractivity contribution in [2.75, 3.05) is 7.11 Å². The van der Waals surface area contributed by atoms with Crippen molar-refractivity contribution in [2.24, 2.45) is 0 Å². The summed E-state index contributed by atoms with van der Waals surface area (Å²) in [7, 11) is 1.39. The van der Waals surface area contributed by atoms with Crippen LogP contribution in [0, 0.1) is 0 Å². The Morgan fingerprint density at radius 2 is 2.06 bits per heavy atom. The van der Waals surface area contributed by atoms with Gasteiger partial charge in [0.1, 0.15) is 0 Å². The predicted molar refractivity (Wildman–Crippen MR) is 63.9 cm³/mol. The molecule has 0 spiro atoms. The van der Waals surface area contributed by atoms with Crippen molar-refractivity contribution in [3.05, 3.63) is 34.2 Å². The van der Waals surface area contributed by atoms with Gasteiger partial charge >= 0.3 is 11.7 Å². The van der Waals surface area contributed by atoms with E-state index < -0.39 is 0 Å². The maximum absolute atomic E-state index is 11.1. The third-order valence-corrected chi connectivity index (χ3v) is 2.65. The van der Waals surface area contributed by atoms with Crippen LogP contribution in [0.3, 0.4) is 0 Å². The fourth-order valence-electron chi connectivity index (χ4n) is 1.77. The Morgan fingerprint density at radius 1 is 1.29 bits per heavy atom. The minimum Gasteiger partial charge on any atom is -0.469 e. The average Bonchev–Trinajstić information content (AvgIpc) is 2.68. The van der Waals surface area contributed by atoms with Crippen LogP contribution in [0.4, 0.5) is 0 Å². The molecule has 5 heteroatoms. The van der Waals surface area contributed by atoms with Crippen LogP contribution in [0.5, 0.6) is 0 Å². The molecule has 0 aliphatic rings. The van der Waals surface area contributed by atoms with E-state index in [1.165, 1.54) is 7.11 Å². The topological polar surface area (TPSA) is 75.0 Å². The van der Waals surface area contributed by atoms with Gasteiger partial charge in [-0.15, -0.1) is 0 Å². The zero-order chi connectivity index (χ0) is 12.3. The van der Waals surface area contributed by atoms with Crippen molar-refractivity contribution in [1.29, 1.82) is 0 Å². The number of methoxy groups -OCH3 is 1. The normalized spacial score (nSPS) is 10.6. The zero-order valence-corrected chi connectivity index (χ0v) is 9.58. The number of aromatic amines is 2. The van der Waals surface area contributed by atoms with E-state index >= 15 is 0 Å². The van der Waals surface area contributed by atoms with Crippen LogP contribution in [0.2, 0.25) is 0 Å². The van der Waals surface area contributed by atoms with E-state index in [-0.39, 0.29) is 11.7 Å². The smallest absolute Gasteiger partial charge is 0.323 e. The number of ether oxygens (including phenoxy) is 1. The molecule has 0 unspecified atom stereocenters. The molecular weight excluding hydrogens is 220 g/mol. The van der Waals surface area contributed by atoms with Gasteiger partial charge < -0.3 is 14.7 Å². The van der Waals surface area contributed by atoms with Crippen LogP contribution >= 0.6 is 0 Å². The molecule has 2 N–H and O–H groups in total. The first kappa shape index (κ1) is 11.4. The summed E-state index contributed by atoms with van der Waals surface area (Å²) < 4.78 is 4.57. The number of nitrogens with one attached hydrogen (secondary N) is 2. The van der Waals surface area contributed by atoms with Crippen LogP contribution in [-0.2, 0) is 16.0 Å². The summed E-state index contributed by atoms with van der Waals surface area (Å²) in [4.78, 5) is 27.4. The van der Waals surface area contributed by atoms with Crippen LogP contribution in [0.25, 0.3) is 11.0 Å². The van der Waals surface area contributed by atoms with E-state index in [4.69, 9.17) is 0 Å². The van der Waals surface area contributed by atoms with Crippen LogP contribution < -0.4 is 5.69 Å². The highest BCUT2D eigenvalue weighted by Gasteiger charge is 2.02. The number of benzene rings is 1. The first-order valence-electron chi connectivity index (χ1n) is 5.47. The molecule has 90 valence electrons. The molecule has 1 aromatic heterocycles. The van der Waals surface area contributed by atoms with Crippen molar-refractivity contribution in [3.63, 3.8) is 0 Å². The first-order chi connectivity index (χ1) is 8.19. The Morgan fingerprint density at radius 3 is 2.82 bits per heavy atom. The van der Waals surface area contributed by atoms with Gasteiger partial charge in [0.15, 0.2) is 0 Å². The number of esters is 1. The van der Waals surface area contributed by atoms with Crippen LogP contribution in [0.1, 0.15) is 18.4 Å². The van der Waals surface area contributed by atoms with E-state index in [2.05, 4.69) is 14.7 Å². The number of carbonyl (C=O) groups is 1. The van der Waals surface area contributed by atoms with Gasteiger partial charge in [-0.25, -0.2) is 4.79 Å². The Kier molecular flexibility index (Phi) is 3.27. The lowest BCUT2D eigenvalue weighted by Crippen LogP contribution is -2.00. The molecule has 0 bridgehead atoms. The molecular formula is C12H14N2O3. The summed E-state index contributed by atoms with van der Waals surface area (Å²) in [5.74, 6) is -0.193. The number of aromatic nitrogens is 2. The van der Waals surface area contributed by atoms with Crippen molar-refractivity contribution < 1.29 is 9.53 Å². The van der Waals surface area contributed by atoms with Gasteiger partial charge in [-0.2, -0.15) is 0 Å². The fourth-order valence-corrected chi connectivity index (χ4v) is 1.77. The molecule has 2 rings (SSSR count). The number of fused-ring (bicyclic) bond motifs is 1. The second-order valence-electron chi connectivity index (χ2n) is 3.89. The molecule has 0 saturated carbocycles. The highest BCUT2D eigenvalue weighted by molar-refractivity contribution is 5.75. The maximum atomic E-state index is 11.1. The summed E-state index contributed by atoms with van der Waals surface area (Å²) >= 11 is 0. The van der Waals surface area contributed by atoms with Gasteiger partial charge in [-0.05, 0) is 30.5 Å². The monoisotopic (exact) mass is 234 g/mol. The van der Waals surface area contributed by atoms with Crippen LogP contribution in [-0.4, -0.2) is 23.0 Å². The molecule has 0 aliphatic carbocycles. The molecule has 0 fully saturated rings. The molecule has 2 aromatic rings.